The maximum Gasteiger partial charge on any atom is 0.337 e. The lowest BCUT2D eigenvalue weighted by Gasteiger charge is -2.13. The third-order valence-electron chi connectivity index (χ3n) is 7.44. The SMILES string of the molecule is CCCc1nc2c(C)cc(C(=O)Nc3ccccc3)cc2n1Cc1cccc2c1ccn2-c1ccccc1C(=O)O. The van der Waals surface area contributed by atoms with Gasteiger partial charge < -0.3 is 19.6 Å². The Hall–Kier alpha value is -5.17. The first kappa shape index (κ1) is 26.1. The van der Waals surface area contributed by atoms with Gasteiger partial charge in [0.2, 0.25) is 0 Å². The Bertz CT molecular complexity index is 1920. The van der Waals surface area contributed by atoms with Crippen molar-refractivity contribution in [3.63, 3.8) is 0 Å². The maximum atomic E-state index is 13.2. The number of aryl methyl sites for hydroxylation is 2. The molecule has 6 rings (SSSR count). The van der Waals surface area contributed by atoms with Crippen molar-refractivity contribution in [2.45, 2.75) is 33.2 Å². The number of amides is 1. The summed E-state index contributed by atoms with van der Waals surface area (Å²) in [5.74, 6) is -0.156. The van der Waals surface area contributed by atoms with Gasteiger partial charge in [-0.1, -0.05) is 49.4 Å². The van der Waals surface area contributed by atoms with Crippen molar-refractivity contribution < 1.29 is 14.7 Å². The summed E-state index contributed by atoms with van der Waals surface area (Å²) in [4.78, 5) is 30.1. The van der Waals surface area contributed by atoms with E-state index in [1.165, 1.54) is 0 Å². The first-order valence-electron chi connectivity index (χ1n) is 13.7. The molecule has 0 fully saturated rings. The first-order chi connectivity index (χ1) is 19.9. The Morgan fingerprint density at radius 2 is 1.68 bits per heavy atom. The largest absolute Gasteiger partial charge is 0.478 e. The number of hydrogen-bond donors (Lipinski definition) is 2. The second-order valence-electron chi connectivity index (χ2n) is 10.2. The molecule has 41 heavy (non-hydrogen) atoms. The molecule has 2 aromatic heterocycles. The number of carboxylic acid groups (broad SMARTS) is 1. The molecule has 7 heteroatoms. The van der Waals surface area contributed by atoms with Crippen molar-refractivity contribution in [2.75, 3.05) is 5.32 Å². The quantitative estimate of drug-likeness (QED) is 0.212. The van der Waals surface area contributed by atoms with Gasteiger partial charge in [-0.3, -0.25) is 4.79 Å². The first-order valence-corrected chi connectivity index (χ1v) is 13.7. The fraction of sp³-hybridized carbons (Fsp3) is 0.147. The molecule has 0 bridgehead atoms. The molecule has 4 aromatic carbocycles. The van der Waals surface area contributed by atoms with Gasteiger partial charge in [0.15, 0.2) is 0 Å². The van der Waals surface area contributed by atoms with Crippen LogP contribution in [0.2, 0.25) is 0 Å². The molecule has 0 aliphatic carbocycles. The number of hydrogen-bond acceptors (Lipinski definition) is 3. The van der Waals surface area contributed by atoms with Crippen molar-refractivity contribution >= 4 is 39.5 Å². The molecule has 0 unspecified atom stereocenters. The predicted octanol–water partition coefficient (Wildman–Crippen LogP) is 7.24. The molecule has 0 saturated carbocycles. The van der Waals surface area contributed by atoms with Crippen molar-refractivity contribution in [2.24, 2.45) is 0 Å². The zero-order valence-corrected chi connectivity index (χ0v) is 23.0. The average molecular weight is 543 g/mol. The summed E-state index contributed by atoms with van der Waals surface area (Å²) in [6.45, 7) is 4.70. The van der Waals surface area contributed by atoms with Gasteiger partial charge in [0.25, 0.3) is 5.91 Å². The highest BCUT2D eigenvalue weighted by atomic mass is 16.4. The van der Waals surface area contributed by atoms with Crippen molar-refractivity contribution in [1.82, 2.24) is 14.1 Å². The zero-order valence-electron chi connectivity index (χ0n) is 23.0. The highest BCUT2D eigenvalue weighted by Crippen LogP contribution is 2.29. The Labute approximate surface area is 237 Å². The van der Waals surface area contributed by atoms with Gasteiger partial charge in [0.05, 0.1) is 34.3 Å². The van der Waals surface area contributed by atoms with E-state index in [9.17, 15) is 14.7 Å². The van der Waals surface area contributed by atoms with Crippen molar-refractivity contribution in [3.05, 3.63) is 125 Å². The fourth-order valence-corrected chi connectivity index (χ4v) is 5.50. The third-order valence-corrected chi connectivity index (χ3v) is 7.44. The standard InChI is InChI=1S/C34H30N4O3/c1-3-10-31-36-32-22(2)19-24(33(39)35-25-12-5-4-6-13-25)20-30(32)38(31)21-23-11-9-16-28-26(23)17-18-37(28)29-15-8-7-14-27(29)34(40)41/h4-9,11-20H,3,10,21H2,1-2H3,(H,35,39)(H,40,41). The predicted molar refractivity (Wildman–Crippen MR) is 162 cm³/mol. The van der Waals surface area contributed by atoms with E-state index in [1.807, 2.05) is 90.5 Å². The van der Waals surface area contributed by atoms with E-state index in [0.717, 1.165) is 57.4 Å². The van der Waals surface area contributed by atoms with Crippen LogP contribution in [0.4, 0.5) is 5.69 Å². The number of aromatic carboxylic acids is 1. The van der Waals surface area contributed by atoms with E-state index in [2.05, 4.69) is 22.9 Å². The number of anilines is 1. The Kier molecular flexibility index (Phi) is 6.85. The van der Waals surface area contributed by atoms with Crippen LogP contribution in [0.5, 0.6) is 0 Å². The van der Waals surface area contributed by atoms with Crippen LogP contribution >= 0.6 is 0 Å². The number of carboxylic acids is 1. The summed E-state index contributed by atoms with van der Waals surface area (Å²) in [5.41, 5.74) is 6.97. The van der Waals surface area contributed by atoms with Crippen LogP contribution in [0.15, 0.2) is 97.2 Å². The number of carbonyl (C=O) groups excluding carboxylic acids is 1. The number of rotatable bonds is 8. The molecule has 204 valence electrons. The lowest BCUT2D eigenvalue weighted by molar-refractivity contribution is 0.0696. The summed E-state index contributed by atoms with van der Waals surface area (Å²) < 4.78 is 4.14. The van der Waals surface area contributed by atoms with E-state index >= 15 is 0 Å². The molecule has 0 spiro atoms. The van der Waals surface area contributed by atoms with Gasteiger partial charge in [-0.2, -0.15) is 0 Å². The molecule has 0 radical (unpaired) electrons. The van der Waals surface area contributed by atoms with Crippen molar-refractivity contribution in [3.8, 4) is 5.69 Å². The zero-order chi connectivity index (χ0) is 28.5. The lowest BCUT2D eigenvalue weighted by atomic mass is 10.1. The molecule has 0 atom stereocenters. The second-order valence-corrected chi connectivity index (χ2v) is 10.2. The molecule has 2 heterocycles. The Morgan fingerprint density at radius 3 is 2.46 bits per heavy atom. The fourth-order valence-electron chi connectivity index (χ4n) is 5.50. The van der Waals surface area contributed by atoms with E-state index < -0.39 is 5.97 Å². The minimum Gasteiger partial charge on any atom is -0.478 e. The highest BCUT2D eigenvalue weighted by molar-refractivity contribution is 6.06. The Morgan fingerprint density at radius 1 is 0.902 bits per heavy atom. The number of nitrogens with zero attached hydrogens (tertiary/aromatic N) is 3. The van der Waals surface area contributed by atoms with E-state index in [0.29, 0.717) is 17.8 Å². The number of benzene rings is 4. The summed E-state index contributed by atoms with van der Waals surface area (Å²) >= 11 is 0. The van der Waals surface area contributed by atoms with Crippen LogP contribution in [0, 0.1) is 6.92 Å². The summed E-state index contributed by atoms with van der Waals surface area (Å²) in [6, 6.07) is 28.4. The van der Waals surface area contributed by atoms with Gasteiger partial charge in [-0.25, -0.2) is 9.78 Å². The van der Waals surface area contributed by atoms with Crippen LogP contribution in [0.1, 0.15) is 51.0 Å². The number of fused-ring (bicyclic) bond motifs is 2. The van der Waals surface area contributed by atoms with Gasteiger partial charge in [-0.05, 0) is 73.0 Å². The lowest BCUT2D eigenvalue weighted by Crippen LogP contribution is -2.12. The van der Waals surface area contributed by atoms with Crippen LogP contribution < -0.4 is 5.32 Å². The van der Waals surface area contributed by atoms with Gasteiger partial charge in [-0.15, -0.1) is 0 Å². The Balaban J connectivity index is 1.44. The van der Waals surface area contributed by atoms with E-state index in [4.69, 9.17) is 4.98 Å². The summed E-state index contributed by atoms with van der Waals surface area (Å²) in [6.07, 6.45) is 3.67. The molecule has 7 nitrogen and oxygen atoms in total. The minimum absolute atomic E-state index is 0.165. The van der Waals surface area contributed by atoms with Crippen molar-refractivity contribution in [1.29, 1.82) is 0 Å². The van der Waals surface area contributed by atoms with Crippen LogP contribution in [0.3, 0.4) is 0 Å². The smallest absolute Gasteiger partial charge is 0.337 e. The topological polar surface area (TPSA) is 89.2 Å². The molecule has 2 N–H and O–H groups in total. The van der Waals surface area contributed by atoms with Gasteiger partial charge in [0, 0.05) is 29.3 Å². The molecule has 0 saturated heterocycles. The number of carbonyl (C=O) groups is 2. The molecular weight excluding hydrogens is 512 g/mol. The summed E-state index contributed by atoms with van der Waals surface area (Å²) in [5, 5.41) is 13.8. The van der Waals surface area contributed by atoms with Gasteiger partial charge in [0.1, 0.15) is 5.82 Å². The molecule has 1 amide bonds. The normalized spacial score (nSPS) is 11.3. The van der Waals surface area contributed by atoms with Gasteiger partial charge >= 0.3 is 5.97 Å². The maximum absolute atomic E-state index is 13.2. The van der Waals surface area contributed by atoms with Crippen LogP contribution in [-0.2, 0) is 13.0 Å². The summed E-state index contributed by atoms with van der Waals surface area (Å²) in [7, 11) is 0. The molecular formula is C34H30N4O3. The monoisotopic (exact) mass is 542 g/mol. The molecule has 0 aliphatic heterocycles. The second kappa shape index (κ2) is 10.8. The van der Waals surface area contributed by atoms with Crippen LogP contribution in [0.25, 0.3) is 27.6 Å². The number of imidazole rings is 1. The number of nitrogens with one attached hydrogen (secondary N) is 1. The van der Waals surface area contributed by atoms with E-state index in [1.54, 1.807) is 12.1 Å². The van der Waals surface area contributed by atoms with E-state index in [-0.39, 0.29) is 11.5 Å². The number of aromatic nitrogens is 3. The average Bonchev–Trinajstić information content (AvgIpc) is 3.56. The minimum atomic E-state index is -0.963. The highest BCUT2D eigenvalue weighted by Gasteiger charge is 2.19. The third kappa shape index (κ3) is 4.87. The number of para-hydroxylation sites is 2. The molecule has 0 aliphatic rings. The van der Waals surface area contributed by atoms with Crippen LogP contribution in [-0.4, -0.2) is 31.1 Å². The molecule has 6 aromatic rings.